The molecule has 2 amide bonds. The second-order valence-electron chi connectivity index (χ2n) is 16.4. The molecule has 1 aromatic carbocycles. The molecule has 5 aliphatic rings. The van der Waals surface area contributed by atoms with E-state index in [-0.39, 0.29) is 41.8 Å². The molecule has 2 aromatic heterocycles. The number of aromatic nitrogens is 3. The molecule has 2 bridgehead atoms. The third-order valence-corrected chi connectivity index (χ3v) is 12.8. The van der Waals surface area contributed by atoms with Gasteiger partial charge in [-0.25, -0.2) is 9.78 Å². The van der Waals surface area contributed by atoms with E-state index in [0.717, 1.165) is 68.4 Å². The van der Waals surface area contributed by atoms with Crippen LogP contribution in [0.2, 0.25) is 0 Å². The van der Waals surface area contributed by atoms with E-state index in [1.165, 1.54) is 22.9 Å². The van der Waals surface area contributed by atoms with Crippen molar-refractivity contribution >= 4 is 17.8 Å². The number of carbonyl (C=O) groups is 2. The average Bonchev–Trinajstić information content (AvgIpc) is 3.65. The number of pyridine rings is 1. The quantitative estimate of drug-likeness (QED) is 0.242. The predicted octanol–water partition coefficient (Wildman–Crippen LogP) is 7.56. The lowest BCUT2D eigenvalue weighted by molar-refractivity contribution is -0.205. The summed E-state index contributed by atoms with van der Waals surface area (Å²) in [4.78, 5) is 35.1. The smallest absolute Gasteiger partial charge is 0.413 e. The highest BCUT2D eigenvalue weighted by atomic mass is 19.4. The van der Waals surface area contributed by atoms with E-state index in [4.69, 9.17) is 14.5 Å². The number of nitrogens with zero attached hydrogens (tertiary/aromatic N) is 5. The summed E-state index contributed by atoms with van der Waals surface area (Å²) in [5, 5.41) is 13.6. The van der Waals surface area contributed by atoms with Gasteiger partial charge in [0, 0.05) is 30.4 Å². The van der Waals surface area contributed by atoms with Crippen LogP contribution in [0, 0.1) is 18.3 Å². The molecule has 3 heterocycles. The van der Waals surface area contributed by atoms with Crippen LogP contribution in [0.4, 0.5) is 23.8 Å². The lowest BCUT2D eigenvalue weighted by Gasteiger charge is -2.55. The van der Waals surface area contributed by atoms with Gasteiger partial charge in [0.25, 0.3) is 0 Å². The van der Waals surface area contributed by atoms with E-state index in [0.29, 0.717) is 49.2 Å². The SMILES string of the molecule is COc1ccc(C23CCC(CN(c4cc(-c5cnn(C(C)(C)C(F)(F)F)c5)ccn4)C(=O)[C@H]4CC[C@H](OC(=O)N5CC(O)C5)CC4)(CC2)CC3)cc1C. The molecule has 0 radical (unpaired) electrons. The lowest BCUT2D eigenvalue weighted by atomic mass is 9.51. The zero-order valence-corrected chi connectivity index (χ0v) is 31.0. The molecule has 13 heteroatoms. The molecule has 286 valence electrons. The minimum Gasteiger partial charge on any atom is -0.496 e. The van der Waals surface area contributed by atoms with Gasteiger partial charge in [0.2, 0.25) is 5.91 Å². The molecule has 0 unspecified atom stereocenters. The van der Waals surface area contributed by atoms with Gasteiger partial charge in [0.1, 0.15) is 17.7 Å². The van der Waals surface area contributed by atoms with Crippen LogP contribution in [-0.2, 0) is 20.5 Å². The lowest BCUT2D eigenvalue weighted by Crippen LogP contribution is -2.54. The summed E-state index contributed by atoms with van der Waals surface area (Å²) >= 11 is 0. The Kier molecular flexibility index (Phi) is 9.78. The number of benzene rings is 1. The molecule has 1 saturated heterocycles. The van der Waals surface area contributed by atoms with Crippen molar-refractivity contribution in [1.82, 2.24) is 19.7 Å². The summed E-state index contributed by atoms with van der Waals surface area (Å²) < 4.78 is 53.6. The van der Waals surface area contributed by atoms with E-state index in [2.05, 4.69) is 30.2 Å². The minimum atomic E-state index is -4.50. The zero-order chi connectivity index (χ0) is 37.8. The molecule has 4 aliphatic carbocycles. The molecule has 1 N–H and O–H groups in total. The maximum atomic E-state index is 14.6. The summed E-state index contributed by atoms with van der Waals surface area (Å²) in [6.07, 6.45) is 6.89. The molecule has 0 spiro atoms. The first kappa shape index (κ1) is 37.2. The number of hydrogen-bond acceptors (Lipinski definition) is 7. The van der Waals surface area contributed by atoms with Gasteiger partial charge in [-0.3, -0.25) is 14.4 Å². The number of alkyl halides is 3. The first-order valence-corrected chi connectivity index (χ1v) is 18.8. The van der Waals surface area contributed by atoms with Gasteiger partial charge in [-0.05, 0) is 131 Å². The number of amides is 2. The number of aliphatic hydroxyl groups excluding tert-OH is 1. The maximum absolute atomic E-state index is 14.6. The molecule has 5 fully saturated rings. The molecule has 8 rings (SSSR count). The monoisotopic (exact) mass is 737 g/mol. The van der Waals surface area contributed by atoms with Crippen LogP contribution in [-0.4, -0.2) is 81.9 Å². The average molecular weight is 738 g/mol. The van der Waals surface area contributed by atoms with Crippen molar-refractivity contribution in [2.75, 3.05) is 31.6 Å². The molecular formula is C40H50F3N5O5. The summed E-state index contributed by atoms with van der Waals surface area (Å²) in [5.74, 6) is 1.04. The number of carbonyl (C=O) groups excluding carboxylic acids is 2. The Morgan fingerprint density at radius 1 is 0.981 bits per heavy atom. The summed E-state index contributed by atoms with van der Waals surface area (Å²) in [7, 11) is 1.69. The Bertz CT molecular complexity index is 1800. The Labute approximate surface area is 308 Å². The number of aliphatic hydroxyl groups is 1. The van der Waals surface area contributed by atoms with E-state index < -0.39 is 23.9 Å². The molecule has 0 atom stereocenters. The largest absolute Gasteiger partial charge is 0.496 e. The number of likely N-dealkylation sites (tertiary alicyclic amines) is 1. The summed E-state index contributed by atoms with van der Waals surface area (Å²) in [6, 6.07) is 10.1. The fourth-order valence-electron chi connectivity index (χ4n) is 8.87. The zero-order valence-electron chi connectivity index (χ0n) is 31.0. The number of ether oxygens (including phenoxy) is 2. The standard InChI is InChI=1S/C40H50F3N5O5/c1-26-19-30(7-10-33(26)52-4)39-15-12-38(13-16-39,14-17-39)25-47(35(50)27-5-8-32(9-6-27)53-36(51)46-23-31(49)24-46)34-20-28(11-18-44-34)29-21-45-48(22-29)37(2,3)40(41,42)43/h7,10-11,18-22,27,31-32,49H,5-6,8-9,12-17,23-25H2,1-4H3/t27-,32-,38?,39?. The number of methoxy groups -OCH3 is 1. The Hall–Kier alpha value is -4.13. The molecule has 53 heavy (non-hydrogen) atoms. The van der Waals surface area contributed by atoms with Crippen molar-refractivity contribution < 1.29 is 37.3 Å². The molecular weight excluding hydrogens is 687 g/mol. The second kappa shape index (κ2) is 13.9. The third kappa shape index (κ3) is 7.13. The Morgan fingerprint density at radius 3 is 2.26 bits per heavy atom. The van der Waals surface area contributed by atoms with Gasteiger partial charge in [-0.15, -0.1) is 0 Å². The van der Waals surface area contributed by atoms with Gasteiger partial charge in [-0.1, -0.05) is 12.1 Å². The normalized spacial score (nSPS) is 26.2. The third-order valence-electron chi connectivity index (χ3n) is 12.8. The summed E-state index contributed by atoms with van der Waals surface area (Å²) in [6.45, 7) is 5.31. The Morgan fingerprint density at radius 2 is 1.66 bits per heavy atom. The van der Waals surface area contributed by atoms with Gasteiger partial charge >= 0.3 is 12.3 Å². The number of hydrogen-bond donors (Lipinski definition) is 1. The van der Waals surface area contributed by atoms with Crippen molar-refractivity contribution in [3.63, 3.8) is 0 Å². The number of fused-ring (bicyclic) bond motifs is 3. The van der Waals surface area contributed by atoms with Crippen molar-refractivity contribution in [3.8, 4) is 16.9 Å². The van der Waals surface area contributed by atoms with E-state index in [1.54, 1.807) is 25.4 Å². The number of halogens is 3. The van der Waals surface area contributed by atoms with Crippen molar-refractivity contribution in [3.05, 3.63) is 60.0 Å². The van der Waals surface area contributed by atoms with Crippen molar-refractivity contribution in [2.24, 2.45) is 11.3 Å². The Balaban J connectivity index is 1.12. The highest BCUT2D eigenvalue weighted by molar-refractivity contribution is 5.95. The van der Waals surface area contributed by atoms with E-state index >= 15 is 0 Å². The first-order valence-electron chi connectivity index (χ1n) is 18.8. The fraction of sp³-hybridized carbons (Fsp3) is 0.600. The molecule has 10 nitrogen and oxygen atoms in total. The second-order valence-corrected chi connectivity index (χ2v) is 16.4. The van der Waals surface area contributed by atoms with Gasteiger partial charge in [0.15, 0.2) is 5.54 Å². The van der Waals surface area contributed by atoms with Crippen molar-refractivity contribution in [1.29, 1.82) is 0 Å². The van der Waals surface area contributed by atoms with Crippen LogP contribution >= 0.6 is 0 Å². The van der Waals surface area contributed by atoms with E-state index in [1.807, 2.05) is 4.90 Å². The highest BCUT2D eigenvalue weighted by Crippen LogP contribution is 2.58. The fourth-order valence-corrected chi connectivity index (χ4v) is 8.87. The van der Waals surface area contributed by atoms with Gasteiger partial charge < -0.3 is 19.5 Å². The molecule has 4 saturated carbocycles. The number of β-amino-alcohol motifs (C(OH)–C–C–N with tert-alkyl or cyclic N) is 1. The van der Waals surface area contributed by atoms with Crippen LogP contribution in [0.15, 0.2) is 48.9 Å². The topological polar surface area (TPSA) is 110 Å². The van der Waals surface area contributed by atoms with Crippen LogP contribution in [0.25, 0.3) is 11.1 Å². The molecule has 3 aromatic rings. The number of rotatable bonds is 9. The van der Waals surface area contributed by atoms with Crippen LogP contribution in [0.3, 0.4) is 0 Å². The minimum absolute atomic E-state index is 0.0262. The van der Waals surface area contributed by atoms with Gasteiger partial charge in [0.05, 0.1) is 32.5 Å². The highest BCUT2D eigenvalue weighted by Gasteiger charge is 2.51. The maximum Gasteiger partial charge on any atom is 0.413 e. The molecule has 1 aliphatic heterocycles. The van der Waals surface area contributed by atoms with E-state index in [9.17, 15) is 27.9 Å². The van der Waals surface area contributed by atoms with Gasteiger partial charge in [-0.2, -0.15) is 18.3 Å². The van der Waals surface area contributed by atoms with Crippen LogP contribution in [0.1, 0.15) is 89.2 Å². The first-order chi connectivity index (χ1) is 25.1. The predicted molar refractivity (Wildman–Crippen MR) is 193 cm³/mol. The number of anilines is 1. The summed E-state index contributed by atoms with van der Waals surface area (Å²) in [5.41, 5.74) is 1.41. The van der Waals surface area contributed by atoms with Crippen molar-refractivity contribution in [2.45, 2.75) is 114 Å². The number of aryl methyl sites for hydroxylation is 1. The van der Waals surface area contributed by atoms with Crippen LogP contribution < -0.4 is 9.64 Å². The van der Waals surface area contributed by atoms with Crippen LogP contribution in [0.5, 0.6) is 5.75 Å².